The molecule has 5 rings (SSSR count). The number of hydrogen-bond acceptors (Lipinski definition) is 5. The summed E-state index contributed by atoms with van der Waals surface area (Å²) in [5, 5.41) is 3.26. The van der Waals surface area contributed by atoms with Crippen molar-refractivity contribution in [2.24, 2.45) is 0 Å². The van der Waals surface area contributed by atoms with Crippen molar-refractivity contribution in [3.63, 3.8) is 0 Å². The van der Waals surface area contributed by atoms with E-state index in [1.54, 1.807) is 12.1 Å². The van der Waals surface area contributed by atoms with E-state index in [4.69, 9.17) is 4.74 Å². The number of methoxy groups -OCH3 is 1. The SMILES string of the molecule is COc1ccc(C)cc1N1C(=O)C(Nc2ccc(N3CCCC3)cc2)=C(c2ccc(C)cc2)C1=O. The number of ether oxygens (including phenoxy) is 1. The molecule has 1 fully saturated rings. The molecule has 2 aliphatic rings. The maximum absolute atomic E-state index is 13.8. The topological polar surface area (TPSA) is 61.9 Å². The van der Waals surface area contributed by atoms with E-state index in [0.717, 1.165) is 29.9 Å². The quantitative estimate of drug-likeness (QED) is 0.498. The molecule has 3 aromatic carbocycles. The molecule has 0 aliphatic carbocycles. The number of nitrogens with one attached hydrogen (secondary N) is 1. The summed E-state index contributed by atoms with van der Waals surface area (Å²) in [5.41, 5.74) is 5.67. The van der Waals surface area contributed by atoms with Crippen LogP contribution in [0.5, 0.6) is 5.75 Å². The van der Waals surface area contributed by atoms with Crippen molar-refractivity contribution in [1.82, 2.24) is 0 Å². The van der Waals surface area contributed by atoms with Gasteiger partial charge in [0.2, 0.25) is 0 Å². The second kappa shape index (κ2) is 9.29. The minimum atomic E-state index is -0.405. The van der Waals surface area contributed by atoms with Gasteiger partial charge in [0.1, 0.15) is 11.4 Å². The zero-order chi connectivity index (χ0) is 24.5. The lowest BCUT2D eigenvalue weighted by Gasteiger charge is -2.19. The average molecular weight is 468 g/mol. The third kappa shape index (κ3) is 4.28. The molecule has 2 amide bonds. The largest absolute Gasteiger partial charge is 0.495 e. The number of anilines is 3. The molecular weight excluding hydrogens is 438 g/mol. The van der Waals surface area contributed by atoms with Gasteiger partial charge in [-0.2, -0.15) is 0 Å². The molecule has 1 saturated heterocycles. The first-order valence-electron chi connectivity index (χ1n) is 11.9. The number of hydrogen-bond donors (Lipinski definition) is 1. The van der Waals surface area contributed by atoms with Crippen LogP contribution in [-0.4, -0.2) is 32.0 Å². The molecule has 0 atom stereocenters. The van der Waals surface area contributed by atoms with Crippen LogP contribution in [0.3, 0.4) is 0 Å². The van der Waals surface area contributed by atoms with Crippen LogP contribution in [0.4, 0.5) is 17.1 Å². The van der Waals surface area contributed by atoms with Gasteiger partial charge in [0.15, 0.2) is 0 Å². The van der Waals surface area contributed by atoms with E-state index in [1.807, 2.05) is 56.3 Å². The van der Waals surface area contributed by atoms with E-state index < -0.39 is 5.91 Å². The Balaban J connectivity index is 1.55. The highest BCUT2D eigenvalue weighted by atomic mass is 16.5. The van der Waals surface area contributed by atoms with Crippen LogP contribution in [0.2, 0.25) is 0 Å². The van der Waals surface area contributed by atoms with Crippen molar-refractivity contribution in [1.29, 1.82) is 0 Å². The van der Waals surface area contributed by atoms with Crippen molar-refractivity contribution in [2.45, 2.75) is 26.7 Å². The number of benzene rings is 3. The Morgan fingerprint density at radius 3 is 2.11 bits per heavy atom. The van der Waals surface area contributed by atoms with Gasteiger partial charge >= 0.3 is 0 Å². The molecule has 0 aromatic heterocycles. The Bertz CT molecular complexity index is 1300. The summed E-state index contributed by atoms with van der Waals surface area (Å²) in [6.07, 6.45) is 2.42. The zero-order valence-electron chi connectivity index (χ0n) is 20.3. The van der Waals surface area contributed by atoms with E-state index in [0.29, 0.717) is 22.6 Å². The van der Waals surface area contributed by atoms with Gasteiger partial charge in [0.05, 0.1) is 18.4 Å². The summed E-state index contributed by atoms with van der Waals surface area (Å²) in [6, 6.07) is 21.1. The molecule has 0 unspecified atom stereocenters. The number of rotatable bonds is 6. The summed E-state index contributed by atoms with van der Waals surface area (Å²) in [4.78, 5) is 31.1. The lowest BCUT2D eigenvalue weighted by atomic mass is 10.0. The van der Waals surface area contributed by atoms with Crippen LogP contribution in [0, 0.1) is 13.8 Å². The van der Waals surface area contributed by atoms with Crippen molar-refractivity contribution < 1.29 is 14.3 Å². The molecular formula is C29H29N3O3. The van der Waals surface area contributed by atoms with Crippen LogP contribution in [-0.2, 0) is 9.59 Å². The molecule has 2 heterocycles. The molecule has 3 aromatic rings. The van der Waals surface area contributed by atoms with Crippen molar-refractivity contribution in [3.05, 3.63) is 89.1 Å². The molecule has 2 aliphatic heterocycles. The monoisotopic (exact) mass is 467 g/mol. The minimum Gasteiger partial charge on any atom is -0.495 e. The smallest absolute Gasteiger partial charge is 0.282 e. The number of amides is 2. The first-order chi connectivity index (χ1) is 17.0. The molecule has 6 nitrogen and oxygen atoms in total. The molecule has 0 bridgehead atoms. The Kier molecular flexibility index (Phi) is 6.03. The lowest BCUT2D eigenvalue weighted by molar-refractivity contribution is -0.120. The van der Waals surface area contributed by atoms with Gasteiger partial charge in [-0.1, -0.05) is 35.9 Å². The fourth-order valence-electron chi connectivity index (χ4n) is 4.70. The van der Waals surface area contributed by atoms with Crippen LogP contribution in [0.25, 0.3) is 5.57 Å². The van der Waals surface area contributed by atoms with Crippen LogP contribution < -0.4 is 19.9 Å². The Labute approximate surface area is 205 Å². The van der Waals surface area contributed by atoms with Crippen molar-refractivity contribution >= 4 is 34.4 Å². The highest BCUT2D eigenvalue weighted by molar-refractivity contribution is 6.46. The normalized spacial score (nSPS) is 15.9. The standard InChI is InChI=1S/C29H29N3O3/c1-19-6-9-21(10-7-19)26-27(30-22-11-13-23(14-12-22)31-16-4-5-17-31)29(34)32(28(26)33)24-18-20(2)8-15-25(24)35-3/h6-15,18,30H,4-5,16-17H2,1-3H3. The highest BCUT2D eigenvalue weighted by Crippen LogP contribution is 2.38. The number of imide groups is 1. The molecule has 0 saturated carbocycles. The van der Waals surface area contributed by atoms with Gasteiger partial charge in [0, 0.05) is 24.5 Å². The fourth-order valence-corrected chi connectivity index (χ4v) is 4.70. The molecule has 0 radical (unpaired) electrons. The van der Waals surface area contributed by atoms with Crippen LogP contribution >= 0.6 is 0 Å². The Morgan fingerprint density at radius 2 is 1.46 bits per heavy atom. The molecule has 178 valence electrons. The van der Waals surface area contributed by atoms with Gasteiger partial charge < -0.3 is 15.0 Å². The number of nitrogens with zero attached hydrogens (tertiary/aromatic N) is 2. The maximum Gasteiger partial charge on any atom is 0.282 e. The molecule has 35 heavy (non-hydrogen) atoms. The lowest BCUT2D eigenvalue weighted by Crippen LogP contribution is -2.32. The second-order valence-corrected chi connectivity index (χ2v) is 9.10. The zero-order valence-corrected chi connectivity index (χ0v) is 20.3. The second-order valence-electron chi connectivity index (χ2n) is 9.10. The summed E-state index contributed by atoms with van der Waals surface area (Å²) in [5.74, 6) is -0.311. The Hall–Kier alpha value is -4.06. The van der Waals surface area contributed by atoms with Gasteiger partial charge in [0.25, 0.3) is 11.8 Å². The predicted octanol–water partition coefficient (Wildman–Crippen LogP) is 5.31. The molecule has 1 N–H and O–H groups in total. The first kappa shape index (κ1) is 22.7. The summed E-state index contributed by atoms with van der Waals surface area (Å²) in [6.45, 7) is 6.04. The molecule has 0 spiro atoms. The van der Waals surface area contributed by atoms with E-state index in [1.165, 1.54) is 30.5 Å². The van der Waals surface area contributed by atoms with Gasteiger partial charge in [-0.3, -0.25) is 9.59 Å². The van der Waals surface area contributed by atoms with E-state index in [-0.39, 0.29) is 11.6 Å². The average Bonchev–Trinajstić information content (AvgIpc) is 3.48. The number of aryl methyl sites for hydroxylation is 2. The third-order valence-electron chi connectivity index (χ3n) is 6.61. The molecule has 6 heteroatoms. The van der Waals surface area contributed by atoms with Crippen LogP contribution in [0.15, 0.2) is 72.4 Å². The summed E-state index contributed by atoms with van der Waals surface area (Å²) in [7, 11) is 1.54. The van der Waals surface area contributed by atoms with E-state index in [9.17, 15) is 9.59 Å². The first-order valence-corrected chi connectivity index (χ1v) is 11.9. The van der Waals surface area contributed by atoms with Gasteiger partial charge in [-0.05, 0) is 74.2 Å². The Morgan fingerprint density at radius 1 is 0.800 bits per heavy atom. The fraction of sp³-hybridized carbons (Fsp3) is 0.241. The van der Waals surface area contributed by atoms with Crippen LogP contribution in [0.1, 0.15) is 29.5 Å². The van der Waals surface area contributed by atoms with E-state index >= 15 is 0 Å². The summed E-state index contributed by atoms with van der Waals surface area (Å²) < 4.78 is 5.49. The van der Waals surface area contributed by atoms with E-state index in [2.05, 4.69) is 22.3 Å². The minimum absolute atomic E-state index is 0.260. The number of carbonyl (C=O) groups excluding carboxylic acids is 2. The predicted molar refractivity (Wildman–Crippen MR) is 140 cm³/mol. The van der Waals surface area contributed by atoms with Gasteiger partial charge in [-0.15, -0.1) is 0 Å². The van der Waals surface area contributed by atoms with Gasteiger partial charge in [-0.25, -0.2) is 4.90 Å². The number of carbonyl (C=O) groups is 2. The van der Waals surface area contributed by atoms with Crippen molar-refractivity contribution in [3.8, 4) is 5.75 Å². The highest BCUT2D eigenvalue weighted by Gasteiger charge is 2.41. The van der Waals surface area contributed by atoms with Crippen molar-refractivity contribution in [2.75, 3.05) is 35.3 Å². The summed E-state index contributed by atoms with van der Waals surface area (Å²) >= 11 is 0. The maximum atomic E-state index is 13.8. The third-order valence-corrected chi connectivity index (χ3v) is 6.61.